The summed E-state index contributed by atoms with van der Waals surface area (Å²) in [5.74, 6) is 1.58. The molecule has 0 bridgehead atoms. The van der Waals surface area contributed by atoms with Crippen LogP contribution in [0.5, 0.6) is 0 Å². The second kappa shape index (κ2) is 8.21. The summed E-state index contributed by atoms with van der Waals surface area (Å²) in [7, 11) is 3.55. The summed E-state index contributed by atoms with van der Waals surface area (Å²) in [6, 6.07) is 0. The molecule has 118 valence electrons. The molecule has 6 nitrogen and oxygen atoms in total. The smallest absolute Gasteiger partial charge is 0.161 e. The van der Waals surface area contributed by atoms with Crippen molar-refractivity contribution in [3.63, 3.8) is 0 Å². The molecule has 2 rings (SSSR count). The van der Waals surface area contributed by atoms with E-state index in [2.05, 4.69) is 49.7 Å². The van der Waals surface area contributed by atoms with Gasteiger partial charge >= 0.3 is 0 Å². The molecule has 1 aromatic heterocycles. The third-order valence-electron chi connectivity index (χ3n) is 3.43. The molecule has 0 aliphatic carbocycles. The predicted octanol–water partition coefficient (Wildman–Crippen LogP) is 2.05. The highest BCUT2D eigenvalue weighted by molar-refractivity contribution is 14.1. The molecule has 0 aromatic carbocycles. The lowest BCUT2D eigenvalue weighted by atomic mass is 10.2. The van der Waals surface area contributed by atoms with Crippen molar-refractivity contribution in [3.8, 4) is 0 Å². The number of methoxy groups -OCH3 is 1. The van der Waals surface area contributed by atoms with E-state index < -0.39 is 0 Å². The Balaban J connectivity index is 2.23. The fourth-order valence-corrected chi connectivity index (χ4v) is 3.10. The van der Waals surface area contributed by atoms with E-state index in [4.69, 9.17) is 9.47 Å². The molecule has 7 heteroatoms. The van der Waals surface area contributed by atoms with Crippen LogP contribution in [0.3, 0.4) is 0 Å². The van der Waals surface area contributed by atoms with Gasteiger partial charge in [0.1, 0.15) is 11.9 Å². The predicted molar refractivity (Wildman–Crippen MR) is 90.4 cm³/mol. The van der Waals surface area contributed by atoms with Crippen LogP contribution < -0.4 is 5.32 Å². The quantitative estimate of drug-likeness (QED) is 0.730. The normalized spacial score (nSPS) is 19.7. The second-order valence-corrected chi connectivity index (χ2v) is 6.11. The minimum Gasteiger partial charge on any atom is -0.378 e. The first-order chi connectivity index (χ1) is 10.2. The summed E-state index contributed by atoms with van der Waals surface area (Å²) in [6.07, 6.45) is 1.08. The van der Waals surface area contributed by atoms with Crippen LogP contribution in [0.4, 0.5) is 5.82 Å². The first-order valence-corrected chi connectivity index (χ1v) is 8.34. The molecule has 0 spiro atoms. The average Bonchev–Trinajstić information content (AvgIpc) is 2.50. The van der Waals surface area contributed by atoms with Gasteiger partial charge in [-0.2, -0.15) is 0 Å². The lowest BCUT2D eigenvalue weighted by Gasteiger charge is -2.32. The van der Waals surface area contributed by atoms with Crippen LogP contribution in [-0.2, 0) is 16.1 Å². The van der Waals surface area contributed by atoms with E-state index in [9.17, 15) is 0 Å². The highest BCUT2D eigenvalue weighted by Crippen LogP contribution is 2.25. The van der Waals surface area contributed by atoms with Crippen LogP contribution in [-0.4, -0.2) is 55.3 Å². The fourth-order valence-electron chi connectivity index (χ4n) is 2.43. The molecule has 1 N–H and O–H groups in total. The van der Waals surface area contributed by atoms with Crippen LogP contribution >= 0.6 is 22.6 Å². The summed E-state index contributed by atoms with van der Waals surface area (Å²) >= 11 is 2.25. The topological polar surface area (TPSA) is 59.5 Å². The Bertz CT molecular complexity index is 471. The van der Waals surface area contributed by atoms with Crippen molar-refractivity contribution in [1.82, 2.24) is 14.9 Å². The summed E-state index contributed by atoms with van der Waals surface area (Å²) in [5.41, 5.74) is 0.906. The monoisotopic (exact) mass is 406 g/mol. The maximum absolute atomic E-state index is 5.88. The van der Waals surface area contributed by atoms with Crippen molar-refractivity contribution in [3.05, 3.63) is 15.1 Å². The Morgan fingerprint density at radius 1 is 1.48 bits per heavy atom. The maximum atomic E-state index is 5.88. The molecule has 1 atom stereocenters. The van der Waals surface area contributed by atoms with Crippen molar-refractivity contribution >= 4 is 28.4 Å². The number of hydrogen-bond donors (Lipinski definition) is 1. The third kappa shape index (κ3) is 4.24. The molecule has 1 aliphatic rings. The van der Waals surface area contributed by atoms with Gasteiger partial charge in [-0.3, -0.25) is 4.90 Å². The van der Waals surface area contributed by atoms with E-state index in [1.54, 1.807) is 7.11 Å². The van der Waals surface area contributed by atoms with Crippen LogP contribution in [0.15, 0.2) is 0 Å². The molecular formula is C14H23IN4O2. The number of rotatable bonds is 6. The molecule has 0 radical (unpaired) electrons. The molecule has 1 aliphatic heterocycles. The van der Waals surface area contributed by atoms with Crippen molar-refractivity contribution in [2.75, 3.05) is 45.7 Å². The first-order valence-electron chi connectivity index (χ1n) is 7.26. The summed E-state index contributed by atoms with van der Waals surface area (Å²) in [4.78, 5) is 11.7. The first kappa shape index (κ1) is 16.9. The van der Waals surface area contributed by atoms with Crippen molar-refractivity contribution in [2.45, 2.75) is 26.1 Å². The third-order valence-corrected chi connectivity index (χ3v) is 4.57. The van der Waals surface area contributed by atoms with Gasteiger partial charge in [-0.1, -0.05) is 6.92 Å². The zero-order chi connectivity index (χ0) is 15.2. The zero-order valence-electron chi connectivity index (χ0n) is 12.9. The number of aromatic nitrogens is 2. The van der Waals surface area contributed by atoms with E-state index in [0.717, 1.165) is 53.6 Å². The van der Waals surface area contributed by atoms with E-state index in [1.165, 1.54) is 0 Å². The number of nitrogens with zero attached hydrogens (tertiary/aromatic N) is 3. The van der Waals surface area contributed by atoms with Crippen LogP contribution in [0.2, 0.25) is 0 Å². The molecule has 1 unspecified atom stereocenters. The number of nitrogens with one attached hydrogen (secondary N) is 1. The van der Waals surface area contributed by atoms with Crippen LogP contribution in [0, 0.1) is 3.57 Å². The number of ether oxygens (including phenoxy) is 2. The van der Waals surface area contributed by atoms with Gasteiger partial charge in [0.2, 0.25) is 0 Å². The molecule has 2 heterocycles. The lowest BCUT2D eigenvalue weighted by molar-refractivity contribution is -0.0343. The summed E-state index contributed by atoms with van der Waals surface area (Å²) in [6.45, 7) is 6.33. The SMILES string of the molecule is CCCN1CCOC(c2nc(COC)c(I)c(NC)n2)C1. The van der Waals surface area contributed by atoms with Gasteiger partial charge in [-0.25, -0.2) is 9.97 Å². The Morgan fingerprint density at radius 3 is 2.95 bits per heavy atom. The molecule has 1 saturated heterocycles. The fraction of sp³-hybridized carbons (Fsp3) is 0.714. The lowest BCUT2D eigenvalue weighted by Crippen LogP contribution is -2.39. The largest absolute Gasteiger partial charge is 0.378 e. The standard InChI is InChI=1S/C14H23IN4O2/c1-4-5-19-6-7-21-11(8-19)13-17-10(9-20-3)12(15)14(16-2)18-13/h11H,4-9H2,1-3H3,(H,16,17,18). The number of halogens is 1. The van der Waals surface area contributed by atoms with E-state index in [1.807, 2.05) is 7.05 Å². The van der Waals surface area contributed by atoms with Gasteiger partial charge in [0.05, 0.1) is 22.5 Å². The van der Waals surface area contributed by atoms with Crippen molar-refractivity contribution in [2.24, 2.45) is 0 Å². The maximum Gasteiger partial charge on any atom is 0.161 e. The van der Waals surface area contributed by atoms with Gasteiger partial charge in [0.15, 0.2) is 5.82 Å². The van der Waals surface area contributed by atoms with Crippen molar-refractivity contribution in [1.29, 1.82) is 0 Å². The van der Waals surface area contributed by atoms with Gasteiger partial charge in [0.25, 0.3) is 0 Å². The summed E-state index contributed by atoms with van der Waals surface area (Å²) in [5, 5.41) is 3.13. The average molecular weight is 406 g/mol. The van der Waals surface area contributed by atoms with Gasteiger partial charge in [-0.05, 0) is 35.6 Å². The minimum absolute atomic E-state index is 0.0648. The number of hydrogen-bond acceptors (Lipinski definition) is 6. The Labute approximate surface area is 139 Å². The van der Waals surface area contributed by atoms with E-state index >= 15 is 0 Å². The van der Waals surface area contributed by atoms with Crippen LogP contribution in [0.1, 0.15) is 31.0 Å². The Kier molecular flexibility index (Phi) is 6.59. The number of anilines is 1. The molecule has 1 aromatic rings. The Morgan fingerprint density at radius 2 is 2.29 bits per heavy atom. The van der Waals surface area contributed by atoms with Gasteiger partial charge in [-0.15, -0.1) is 0 Å². The summed E-state index contributed by atoms with van der Waals surface area (Å²) < 4.78 is 12.1. The van der Waals surface area contributed by atoms with Crippen LogP contribution in [0.25, 0.3) is 0 Å². The number of morpholine rings is 1. The molecule has 0 saturated carbocycles. The highest BCUT2D eigenvalue weighted by Gasteiger charge is 2.25. The second-order valence-electron chi connectivity index (χ2n) is 5.03. The van der Waals surface area contributed by atoms with Gasteiger partial charge in [0, 0.05) is 27.2 Å². The molecular weight excluding hydrogens is 383 g/mol. The zero-order valence-corrected chi connectivity index (χ0v) is 15.0. The highest BCUT2D eigenvalue weighted by atomic mass is 127. The molecule has 21 heavy (non-hydrogen) atoms. The van der Waals surface area contributed by atoms with E-state index in [0.29, 0.717) is 6.61 Å². The molecule has 0 amide bonds. The van der Waals surface area contributed by atoms with Crippen molar-refractivity contribution < 1.29 is 9.47 Å². The van der Waals surface area contributed by atoms with Gasteiger partial charge < -0.3 is 14.8 Å². The minimum atomic E-state index is -0.0648. The van der Waals surface area contributed by atoms with E-state index in [-0.39, 0.29) is 6.10 Å². The molecule has 1 fully saturated rings. The Hall–Kier alpha value is -0.510.